The summed E-state index contributed by atoms with van der Waals surface area (Å²) in [7, 11) is 13.4. The number of para-hydroxylation sites is 1. The quantitative estimate of drug-likeness (QED) is 0.282. The zero-order valence-electron chi connectivity index (χ0n) is 18.6. The van der Waals surface area contributed by atoms with E-state index in [-0.39, 0.29) is 17.1 Å². The molecule has 3 nitrogen and oxygen atoms in total. The van der Waals surface area contributed by atoms with Gasteiger partial charge in [0, 0.05) is 28.4 Å². The summed E-state index contributed by atoms with van der Waals surface area (Å²) in [5.41, 5.74) is 8.13. The van der Waals surface area contributed by atoms with Gasteiger partial charge in [0.2, 0.25) is 0 Å². The number of benzene rings is 2. The largest absolute Gasteiger partial charge is 0.493 e. The summed E-state index contributed by atoms with van der Waals surface area (Å²) in [6.45, 7) is 0.800. The summed E-state index contributed by atoms with van der Waals surface area (Å²) in [4.78, 5) is 4.68. The summed E-state index contributed by atoms with van der Waals surface area (Å²) in [6.07, 6.45) is 0.405. The molecule has 2 aromatic rings. The predicted molar refractivity (Wildman–Crippen MR) is 140 cm³/mol. The van der Waals surface area contributed by atoms with E-state index in [1.165, 1.54) is 5.56 Å². The Morgan fingerprint density at radius 1 is 0.966 bits per heavy atom. The van der Waals surface area contributed by atoms with Gasteiger partial charge in [0.1, 0.15) is 52.8 Å². The Morgan fingerprint density at radius 3 is 2.21 bits per heavy atom. The maximum Gasteiger partial charge on any atom is 0.119 e. The highest BCUT2D eigenvalue weighted by Gasteiger charge is 2.31. The van der Waals surface area contributed by atoms with Crippen LogP contribution in [0.1, 0.15) is 12.0 Å². The number of alkyl halides is 1. The minimum Gasteiger partial charge on any atom is -0.493 e. The molecule has 0 bridgehead atoms. The molecule has 2 N–H and O–H groups in total. The highest BCUT2D eigenvalue weighted by Crippen LogP contribution is 2.36. The first-order valence-corrected chi connectivity index (χ1v) is 11.0. The molecule has 0 heterocycles. The molecule has 0 saturated carbocycles. The summed E-state index contributed by atoms with van der Waals surface area (Å²) in [5, 5.41) is -0.00585. The van der Waals surface area contributed by atoms with Crippen molar-refractivity contribution < 1.29 is 9.13 Å². The van der Waals surface area contributed by atoms with Crippen LogP contribution in [-0.2, 0) is 6.54 Å². The van der Waals surface area contributed by atoms with Crippen LogP contribution in [0.25, 0.3) is 0 Å². The van der Waals surface area contributed by atoms with Gasteiger partial charge in [-0.2, -0.15) is 0 Å². The van der Waals surface area contributed by atoms with Crippen LogP contribution in [-0.4, -0.2) is 75.7 Å². The van der Waals surface area contributed by atoms with Crippen LogP contribution in [0.4, 0.5) is 10.1 Å². The van der Waals surface area contributed by atoms with E-state index >= 15 is 0 Å². The maximum atomic E-state index is 12.5. The Bertz CT molecular complexity index is 802. The summed E-state index contributed by atoms with van der Waals surface area (Å²) >= 11 is 1.67. The van der Waals surface area contributed by atoms with Gasteiger partial charge in [-0.05, 0) is 35.9 Å². The molecule has 0 saturated heterocycles. The first-order valence-electron chi connectivity index (χ1n) is 10.1. The molecule has 2 rings (SSSR count). The van der Waals surface area contributed by atoms with E-state index in [2.05, 4.69) is 64.1 Å². The third kappa shape index (κ3) is 7.14. The van der Waals surface area contributed by atoms with Crippen molar-refractivity contribution in [2.24, 2.45) is 0 Å². The normalized spacial score (nSPS) is 12.2. The van der Waals surface area contributed by atoms with E-state index < -0.39 is 0 Å². The molecule has 0 aromatic heterocycles. The van der Waals surface area contributed by atoms with Crippen LogP contribution in [0.5, 0.6) is 5.75 Å². The second-order valence-electron chi connectivity index (χ2n) is 9.23. The first kappa shape index (κ1) is 23.9. The number of nitrogens with zero attached hydrogens (tertiary/aromatic N) is 1. The minimum absolute atomic E-state index is 0.00293. The van der Waals surface area contributed by atoms with Gasteiger partial charge in [0.15, 0.2) is 0 Å². The molecule has 0 fully saturated rings. The molecular formula is C18H29B6FN2OS. The smallest absolute Gasteiger partial charge is 0.119 e. The Hall–Kier alpha value is -1.33. The van der Waals surface area contributed by atoms with Gasteiger partial charge in [0.25, 0.3) is 0 Å². The third-order valence-electron chi connectivity index (χ3n) is 4.67. The highest BCUT2D eigenvalue weighted by molar-refractivity contribution is 7.99. The van der Waals surface area contributed by atoms with Crippen LogP contribution in [0.2, 0.25) is 0 Å². The topological polar surface area (TPSA) is 38.5 Å². The number of halogens is 1. The molecule has 0 aliphatic carbocycles. The molecule has 2 aromatic carbocycles. The third-order valence-corrected chi connectivity index (χ3v) is 5.88. The molecule has 29 heavy (non-hydrogen) atoms. The fraction of sp³-hybridized carbons (Fsp3) is 0.333. The van der Waals surface area contributed by atoms with Gasteiger partial charge in [-0.1, -0.05) is 34.4 Å². The highest BCUT2D eigenvalue weighted by atomic mass is 32.2. The van der Waals surface area contributed by atoms with Crippen LogP contribution >= 0.6 is 11.8 Å². The van der Waals surface area contributed by atoms with Gasteiger partial charge in [-0.3, -0.25) is 4.39 Å². The average Bonchev–Trinajstić information content (AvgIpc) is 2.61. The van der Waals surface area contributed by atoms with Crippen molar-refractivity contribution in [3.05, 3.63) is 48.0 Å². The van der Waals surface area contributed by atoms with Crippen LogP contribution in [0.15, 0.2) is 52.3 Å². The lowest BCUT2D eigenvalue weighted by atomic mass is 9.40. The molecule has 0 amide bonds. The van der Waals surface area contributed by atoms with Crippen molar-refractivity contribution in [2.75, 3.05) is 19.0 Å². The first-order chi connectivity index (χ1) is 13.5. The Labute approximate surface area is 184 Å². The molecular weight excluding hydrogens is 376 g/mol. The lowest BCUT2D eigenvalue weighted by Gasteiger charge is -2.47. The number of nitrogens with two attached hydrogens (primary N) is 1. The van der Waals surface area contributed by atoms with E-state index in [1.54, 1.807) is 11.8 Å². The maximum absolute atomic E-state index is 12.5. The average molecular weight is 405 g/mol. The molecule has 0 radical (unpaired) electrons. The van der Waals surface area contributed by atoms with Crippen molar-refractivity contribution in [3.8, 4) is 5.75 Å². The number of nitrogen functional groups attached to an aromatic ring is 1. The van der Waals surface area contributed by atoms with Crippen molar-refractivity contribution >= 4 is 64.5 Å². The standard InChI is InChI=1S/C18H29B6FN2OS/c19-17(20,21)27(18(22,23)24)11-12-10-13(28-9-3-8-25)6-7-15(12)29-16-5-2-1-4-14(16)26/h1-2,4-7,10H,3,8-9,11,19-24,26H2. The van der Waals surface area contributed by atoms with E-state index in [1.807, 2.05) is 30.3 Å². The van der Waals surface area contributed by atoms with Gasteiger partial charge in [-0.15, -0.1) is 0 Å². The zero-order valence-corrected chi connectivity index (χ0v) is 19.4. The SMILES string of the molecule is BC(B)(B)N(Cc1cc(OCCCF)ccc1Sc1ccccc1N)C(B)(B)B. The number of rotatable bonds is 10. The second-order valence-corrected chi connectivity index (χ2v) is 10.3. The van der Waals surface area contributed by atoms with Crippen molar-refractivity contribution in [1.82, 2.24) is 4.90 Å². The van der Waals surface area contributed by atoms with Crippen LogP contribution in [0.3, 0.4) is 0 Å². The van der Waals surface area contributed by atoms with Crippen molar-refractivity contribution in [2.45, 2.75) is 33.2 Å². The van der Waals surface area contributed by atoms with E-state index in [4.69, 9.17) is 10.5 Å². The monoisotopic (exact) mass is 406 g/mol. The predicted octanol–water partition coefficient (Wildman–Crippen LogP) is -2.02. The van der Waals surface area contributed by atoms with Crippen molar-refractivity contribution in [1.29, 1.82) is 0 Å². The molecule has 0 aliphatic rings. The second kappa shape index (κ2) is 10.1. The van der Waals surface area contributed by atoms with E-state index in [0.29, 0.717) is 13.0 Å². The van der Waals surface area contributed by atoms with Crippen molar-refractivity contribution in [3.63, 3.8) is 0 Å². The molecule has 0 unspecified atom stereocenters. The number of ether oxygens (including phenoxy) is 1. The fourth-order valence-corrected chi connectivity index (χ4v) is 4.42. The number of hydrogen-bond acceptors (Lipinski definition) is 4. The molecule has 11 heteroatoms. The van der Waals surface area contributed by atoms with Crippen LogP contribution in [0, 0.1) is 0 Å². The van der Waals surface area contributed by atoms with Gasteiger partial charge in [0.05, 0.1) is 13.3 Å². The minimum atomic E-state index is -0.365. The van der Waals surface area contributed by atoms with E-state index in [0.717, 1.165) is 27.8 Å². The molecule has 0 atom stereocenters. The number of hydrogen-bond donors (Lipinski definition) is 1. The summed E-state index contributed by atoms with van der Waals surface area (Å²) < 4.78 is 18.2. The Morgan fingerprint density at radius 2 is 1.62 bits per heavy atom. The molecule has 0 aliphatic heterocycles. The zero-order chi connectivity index (χ0) is 21.7. The summed E-state index contributed by atoms with van der Waals surface area (Å²) in [5.74, 6) is 0.779. The summed E-state index contributed by atoms with van der Waals surface area (Å²) in [6, 6.07) is 14.0. The van der Waals surface area contributed by atoms with Gasteiger partial charge >= 0.3 is 0 Å². The molecule has 148 valence electrons. The van der Waals surface area contributed by atoms with Crippen LogP contribution < -0.4 is 10.5 Å². The van der Waals surface area contributed by atoms with Gasteiger partial charge < -0.3 is 15.4 Å². The Balaban J connectivity index is 2.40. The van der Waals surface area contributed by atoms with E-state index in [9.17, 15) is 4.39 Å². The fourth-order valence-electron chi connectivity index (χ4n) is 3.46. The number of anilines is 1. The lowest BCUT2D eigenvalue weighted by Crippen LogP contribution is -2.63. The molecule has 0 spiro atoms. The Kier molecular flexibility index (Phi) is 8.36. The lowest BCUT2D eigenvalue weighted by molar-refractivity contribution is 0.259. The van der Waals surface area contributed by atoms with Gasteiger partial charge in [-0.25, -0.2) is 0 Å².